The number of nitrogens with one attached hydrogen (secondary N) is 1. The maximum absolute atomic E-state index is 5.62. The van der Waals surface area contributed by atoms with E-state index >= 15 is 0 Å². The van der Waals surface area contributed by atoms with Crippen LogP contribution in [0, 0.1) is 0 Å². The monoisotopic (exact) mass is 221 g/mol. The second-order valence-electron chi connectivity index (χ2n) is 3.97. The number of likely N-dealkylation sites (N-methyl/N-ethyl adjacent to an activating group) is 1. The third kappa shape index (κ3) is 2.30. The molecule has 0 saturated heterocycles. The van der Waals surface area contributed by atoms with E-state index in [9.17, 15) is 0 Å². The van der Waals surface area contributed by atoms with Gasteiger partial charge in [0.15, 0.2) is 0 Å². The minimum absolute atomic E-state index is 0.310. The number of ether oxygens (including phenoxy) is 2. The molecule has 0 saturated carbocycles. The van der Waals surface area contributed by atoms with E-state index in [1.54, 1.807) is 0 Å². The predicted octanol–water partition coefficient (Wildman–Crippen LogP) is 2.52. The minimum atomic E-state index is 0.310. The molecule has 3 heteroatoms. The van der Waals surface area contributed by atoms with Crippen molar-refractivity contribution in [1.82, 2.24) is 5.32 Å². The Labute approximate surface area is 96.8 Å². The predicted molar refractivity (Wildman–Crippen MR) is 64.1 cm³/mol. The Hall–Kier alpha value is -1.22. The molecular weight excluding hydrogens is 202 g/mol. The Morgan fingerprint density at radius 2 is 2.31 bits per heavy atom. The van der Waals surface area contributed by atoms with Crippen molar-refractivity contribution < 1.29 is 9.47 Å². The molecule has 1 aliphatic heterocycles. The van der Waals surface area contributed by atoms with Gasteiger partial charge in [-0.3, -0.25) is 0 Å². The Kier molecular flexibility index (Phi) is 3.67. The lowest BCUT2D eigenvalue weighted by atomic mass is 10.1. The molecule has 0 aliphatic carbocycles. The Morgan fingerprint density at radius 3 is 3.06 bits per heavy atom. The van der Waals surface area contributed by atoms with Crippen LogP contribution in [0.2, 0.25) is 0 Å². The summed E-state index contributed by atoms with van der Waals surface area (Å²) >= 11 is 0. The molecule has 1 aliphatic rings. The fourth-order valence-electron chi connectivity index (χ4n) is 1.92. The van der Waals surface area contributed by atoms with Crippen LogP contribution in [0.1, 0.15) is 31.9 Å². The standard InChI is InChI=1S/C13H19NO2/c1-3-7-15-10-5-6-13-11(8-10)12(9-16-13)14-4-2/h5-6,8,12,14H,3-4,7,9H2,1-2H3. The summed E-state index contributed by atoms with van der Waals surface area (Å²) < 4.78 is 11.2. The average molecular weight is 221 g/mol. The first-order chi connectivity index (χ1) is 7.85. The number of rotatable bonds is 5. The van der Waals surface area contributed by atoms with Crippen LogP contribution in [0.4, 0.5) is 0 Å². The molecule has 1 aromatic carbocycles. The van der Waals surface area contributed by atoms with Crippen molar-refractivity contribution in [3.8, 4) is 11.5 Å². The average Bonchev–Trinajstić information content (AvgIpc) is 2.70. The van der Waals surface area contributed by atoms with E-state index in [4.69, 9.17) is 9.47 Å². The van der Waals surface area contributed by atoms with Gasteiger partial charge in [0.25, 0.3) is 0 Å². The summed E-state index contributed by atoms with van der Waals surface area (Å²) in [5, 5.41) is 3.40. The smallest absolute Gasteiger partial charge is 0.124 e. The summed E-state index contributed by atoms with van der Waals surface area (Å²) in [6.45, 7) is 6.66. The molecule has 0 amide bonds. The maximum Gasteiger partial charge on any atom is 0.124 e. The molecular formula is C13H19NO2. The van der Waals surface area contributed by atoms with Gasteiger partial charge in [-0.25, -0.2) is 0 Å². The molecule has 1 unspecified atom stereocenters. The third-order valence-corrected chi connectivity index (χ3v) is 2.69. The Bertz CT molecular complexity index is 350. The van der Waals surface area contributed by atoms with Crippen LogP contribution in [-0.4, -0.2) is 19.8 Å². The minimum Gasteiger partial charge on any atom is -0.494 e. The first kappa shape index (κ1) is 11.3. The molecule has 88 valence electrons. The summed E-state index contributed by atoms with van der Waals surface area (Å²) in [6.07, 6.45) is 1.03. The summed E-state index contributed by atoms with van der Waals surface area (Å²) in [6, 6.07) is 6.37. The molecule has 3 nitrogen and oxygen atoms in total. The molecule has 0 radical (unpaired) electrons. The molecule has 0 spiro atoms. The number of fused-ring (bicyclic) bond motifs is 1. The van der Waals surface area contributed by atoms with Crippen LogP contribution in [-0.2, 0) is 0 Å². The van der Waals surface area contributed by atoms with Crippen LogP contribution in [0.25, 0.3) is 0 Å². The number of hydrogen-bond acceptors (Lipinski definition) is 3. The largest absolute Gasteiger partial charge is 0.494 e. The van der Waals surface area contributed by atoms with Gasteiger partial charge in [-0.2, -0.15) is 0 Å². The quantitative estimate of drug-likeness (QED) is 0.828. The maximum atomic E-state index is 5.62. The fraction of sp³-hybridized carbons (Fsp3) is 0.538. The third-order valence-electron chi connectivity index (χ3n) is 2.69. The van der Waals surface area contributed by atoms with Crippen molar-refractivity contribution in [2.24, 2.45) is 0 Å². The SMILES string of the molecule is CCCOc1ccc2c(c1)C(NCC)CO2. The topological polar surface area (TPSA) is 30.5 Å². The van der Waals surface area contributed by atoms with Gasteiger partial charge in [-0.15, -0.1) is 0 Å². The lowest BCUT2D eigenvalue weighted by molar-refractivity contribution is 0.313. The highest BCUT2D eigenvalue weighted by Gasteiger charge is 2.23. The number of benzene rings is 1. The summed E-state index contributed by atoms with van der Waals surface area (Å²) in [5.74, 6) is 1.92. The lowest BCUT2D eigenvalue weighted by Crippen LogP contribution is -2.21. The van der Waals surface area contributed by atoms with Gasteiger partial charge in [0.05, 0.1) is 12.6 Å². The second-order valence-corrected chi connectivity index (χ2v) is 3.97. The highest BCUT2D eigenvalue weighted by atomic mass is 16.5. The van der Waals surface area contributed by atoms with Gasteiger partial charge in [0.2, 0.25) is 0 Å². The Morgan fingerprint density at radius 1 is 1.44 bits per heavy atom. The van der Waals surface area contributed by atoms with Gasteiger partial charge in [0, 0.05) is 5.56 Å². The van der Waals surface area contributed by atoms with Crippen LogP contribution in [0.3, 0.4) is 0 Å². The molecule has 0 fully saturated rings. The van der Waals surface area contributed by atoms with E-state index in [1.165, 1.54) is 5.56 Å². The van der Waals surface area contributed by atoms with Crippen molar-refractivity contribution in [2.75, 3.05) is 19.8 Å². The van der Waals surface area contributed by atoms with Crippen LogP contribution < -0.4 is 14.8 Å². The van der Waals surface area contributed by atoms with Gasteiger partial charge >= 0.3 is 0 Å². The molecule has 16 heavy (non-hydrogen) atoms. The van der Waals surface area contributed by atoms with Crippen molar-refractivity contribution in [3.05, 3.63) is 23.8 Å². The van der Waals surface area contributed by atoms with Gasteiger partial charge in [-0.05, 0) is 31.2 Å². The highest BCUT2D eigenvalue weighted by molar-refractivity contribution is 5.44. The Balaban J connectivity index is 2.13. The molecule has 1 heterocycles. The summed E-state index contributed by atoms with van der Waals surface area (Å²) in [5.41, 5.74) is 1.22. The zero-order chi connectivity index (χ0) is 11.4. The highest BCUT2D eigenvalue weighted by Crippen LogP contribution is 2.34. The zero-order valence-corrected chi connectivity index (χ0v) is 9.95. The molecule has 1 N–H and O–H groups in total. The molecule has 0 aromatic heterocycles. The van der Waals surface area contributed by atoms with Gasteiger partial charge in [-0.1, -0.05) is 13.8 Å². The van der Waals surface area contributed by atoms with Crippen LogP contribution in [0.15, 0.2) is 18.2 Å². The van der Waals surface area contributed by atoms with E-state index in [0.29, 0.717) is 6.04 Å². The zero-order valence-electron chi connectivity index (χ0n) is 9.95. The molecule has 1 atom stereocenters. The summed E-state index contributed by atoms with van der Waals surface area (Å²) in [4.78, 5) is 0. The van der Waals surface area contributed by atoms with E-state index in [1.807, 2.05) is 12.1 Å². The first-order valence-electron chi connectivity index (χ1n) is 5.98. The van der Waals surface area contributed by atoms with E-state index < -0.39 is 0 Å². The second kappa shape index (κ2) is 5.21. The van der Waals surface area contributed by atoms with Crippen molar-refractivity contribution >= 4 is 0 Å². The number of hydrogen-bond donors (Lipinski definition) is 1. The van der Waals surface area contributed by atoms with E-state index in [0.717, 1.165) is 37.7 Å². The fourth-order valence-corrected chi connectivity index (χ4v) is 1.92. The lowest BCUT2D eigenvalue weighted by Gasteiger charge is -2.10. The van der Waals surface area contributed by atoms with Crippen LogP contribution in [0.5, 0.6) is 11.5 Å². The van der Waals surface area contributed by atoms with Gasteiger partial charge < -0.3 is 14.8 Å². The molecule has 0 bridgehead atoms. The van der Waals surface area contributed by atoms with E-state index in [-0.39, 0.29) is 0 Å². The normalized spacial score (nSPS) is 18.0. The summed E-state index contributed by atoms with van der Waals surface area (Å²) in [7, 11) is 0. The molecule has 2 rings (SSSR count). The first-order valence-corrected chi connectivity index (χ1v) is 5.98. The van der Waals surface area contributed by atoms with Crippen molar-refractivity contribution in [3.63, 3.8) is 0 Å². The molecule has 1 aromatic rings. The van der Waals surface area contributed by atoms with Crippen LogP contribution >= 0.6 is 0 Å². The van der Waals surface area contributed by atoms with Gasteiger partial charge in [0.1, 0.15) is 18.1 Å². The van der Waals surface area contributed by atoms with E-state index in [2.05, 4.69) is 25.2 Å². The van der Waals surface area contributed by atoms with Crippen molar-refractivity contribution in [2.45, 2.75) is 26.3 Å². The van der Waals surface area contributed by atoms with Crippen molar-refractivity contribution in [1.29, 1.82) is 0 Å².